The fourth-order valence-electron chi connectivity index (χ4n) is 4.60. The zero-order valence-electron chi connectivity index (χ0n) is 20.5. The molecule has 1 aliphatic heterocycles. The van der Waals surface area contributed by atoms with Gasteiger partial charge in [-0.2, -0.15) is 4.98 Å². The van der Waals surface area contributed by atoms with E-state index in [-0.39, 0.29) is 5.54 Å². The average Bonchev–Trinajstić information content (AvgIpc) is 3.17. The van der Waals surface area contributed by atoms with Crippen molar-refractivity contribution in [1.82, 2.24) is 24.6 Å². The summed E-state index contributed by atoms with van der Waals surface area (Å²) in [6, 6.07) is 19.0. The summed E-state index contributed by atoms with van der Waals surface area (Å²) >= 11 is 0. The topological polar surface area (TPSA) is 76.1 Å². The van der Waals surface area contributed by atoms with Crippen molar-refractivity contribution in [1.29, 1.82) is 0 Å². The number of hydrogen-bond acceptors (Lipinski definition) is 6. The Bertz CT molecular complexity index is 1300. The van der Waals surface area contributed by atoms with E-state index in [1.807, 2.05) is 4.68 Å². The van der Waals surface area contributed by atoms with Crippen molar-refractivity contribution in [3.63, 3.8) is 0 Å². The van der Waals surface area contributed by atoms with Crippen molar-refractivity contribution in [2.45, 2.75) is 39.8 Å². The molecule has 0 amide bonds. The smallest absolute Gasteiger partial charge is 0.228 e. The minimum atomic E-state index is -0.252. The molecule has 5 rings (SSSR count). The van der Waals surface area contributed by atoms with Crippen molar-refractivity contribution in [2.75, 3.05) is 36.8 Å². The summed E-state index contributed by atoms with van der Waals surface area (Å²) in [5.74, 6) is 1.33. The number of anilines is 2. The number of rotatable bonds is 4. The van der Waals surface area contributed by atoms with Gasteiger partial charge in [-0.05, 0) is 39.3 Å². The predicted molar refractivity (Wildman–Crippen MR) is 139 cm³/mol. The van der Waals surface area contributed by atoms with E-state index < -0.39 is 0 Å². The van der Waals surface area contributed by atoms with Gasteiger partial charge in [0.15, 0.2) is 5.65 Å². The normalized spacial score (nSPS) is 15.2. The molecule has 7 nitrogen and oxygen atoms in total. The summed E-state index contributed by atoms with van der Waals surface area (Å²) in [5, 5.41) is 5.65. The Kier molecular flexibility index (Phi) is 5.73. The van der Waals surface area contributed by atoms with Gasteiger partial charge in [-0.3, -0.25) is 4.90 Å². The fourth-order valence-corrected chi connectivity index (χ4v) is 4.60. The molecule has 7 heteroatoms. The van der Waals surface area contributed by atoms with Gasteiger partial charge in [-0.25, -0.2) is 9.67 Å². The van der Waals surface area contributed by atoms with Gasteiger partial charge in [0.1, 0.15) is 5.82 Å². The molecule has 0 bridgehead atoms. The molecule has 2 aromatic heterocycles. The molecule has 3 heterocycles. The van der Waals surface area contributed by atoms with Gasteiger partial charge in [0, 0.05) is 38.3 Å². The number of nitrogens with zero attached hydrogens (tertiary/aromatic N) is 6. The third-order valence-electron chi connectivity index (χ3n) is 6.39. The third kappa shape index (κ3) is 4.35. The van der Waals surface area contributed by atoms with Crippen LogP contribution in [0.2, 0.25) is 0 Å². The molecule has 0 radical (unpaired) electrons. The highest BCUT2D eigenvalue weighted by Crippen LogP contribution is 2.34. The van der Waals surface area contributed by atoms with Gasteiger partial charge in [0.25, 0.3) is 0 Å². The van der Waals surface area contributed by atoms with Gasteiger partial charge in [0.05, 0.1) is 16.6 Å². The number of fused-ring (bicyclic) bond motifs is 1. The number of hydrogen-bond donors (Lipinski definition) is 1. The summed E-state index contributed by atoms with van der Waals surface area (Å²) in [6.45, 7) is 13.0. The summed E-state index contributed by atoms with van der Waals surface area (Å²) in [4.78, 5) is 14.7. The zero-order valence-corrected chi connectivity index (χ0v) is 20.5. The van der Waals surface area contributed by atoms with Crippen LogP contribution >= 0.6 is 0 Å². The first-order valence-electron chi connectivity index (χ1n) is 11.9. The van der Waals surface area contributed by atoms with Crippen molar-refractivity contribution in [3.05, 3.63) is 65.7 Å². The van der Waals surface area contributed by atoms with Gasteiger partial charge in [0.2, 0.25) is 5.95 Å². The molecule has 4 aromatic rings. The van der Waals surface area contributed by atoms with Crippen LogP contribution in [-0.4, -0.2) is 50.8 Å². The van der Waals surface area contributed by atoms with E-state index in [0.29, 0.717) is 11.5 Å². The second-order valence-electron chi connectivity index (χ2n) is 10.2. The lowest BCUT2D eigenvalue weighted by Crippen LogP contribution is -2.46. The highest BCUT2D eigenvalue weighted by molar-refractivity contribution is 5.99. The molecule has 1 fully saturated rings. The maximum atomic E-state index is 6.62. The lowest BCUT2D eigenvalue weighted by atomic mass is 10.1. The lowest BCUT2D eigenvalue weighted by Gasteiger charge is -2.34. The van der Waals surface area contributed by atoms with Gasteiger partial charge < -0.3 is 10.6 Å². The largest absolute Gasteiger partial charge is 0.383 e. The Morgan fingerprint density at radius 2 is 1.65 bits per heavy atom. The minimum absolute atomic E-state index is 0.252. The van der Waals surface area contributed by atoms with Crippen LogP contribution in [0.5, 0.6) is 0 Å². The molecule has 2 N–H and O–H groups in total. The number of aromatic nitrogens is 4. The number of nitrogen functional groups attached to an aromatic ring is 1. The molecule has 0 spiro atoms. The van der Waals surface area contributed by atoms with Crippen LogP contribution in [0.4, 0.5) is 11.8 Å². The maximum Gasteiger partial charge on any atom is 0.228 e. The van der Waals surface area contributed by atoms with E-state index >= 15 is 0 Å². The van der Waals surface area contributed by atoms with E-state index in [0.717, 1.165) is 55.3 Å². The molecule has 34 heavy (non-hydrogen) atoms. The van der Waals surface area contributed by atoms with Crippen molar-refractivity contribution in [3.8, 4) is 11.3 Å². The Hall–Kier alpha value is -3.45. The molecule has 2 aromatic carbocycles. The highest BCUT2D eigenvalue weighted by atomic mass is 15.4. The molecule has 0 saturated carbocycles. The third-order valence-corrected chi connectivity index (χ3v) is 6.39. The monoisotopic (exact) mass is 455 g/mol. The summed E-state index contributed by atoms with van der Waals surface area (Å²) in [5.41, 5.74) is 11.4. The first kappa shape index (κ1) is 22.3. The standard InChI is InChI=1S/C27H33N7/c1-19-9-8-12-21(17-19)23-22-24(28)34(27(2,3)4)31-25(22)30-26(29-23)33-15-13-32(14-16-33)18-20-10-6-5-7-11-20/h5-12,17H,13-16,18,28H2,1-4H3. The summed E-state index contributed by atoms with van der Waals surface area (Å²) in [6.07, 6.45) is 0. The van der Waals surface area contributed by atoms with Gasteiger partial charge >= 0.3 is 0 Å². The Morgan fingerprint density at radius 1 is 0.912 bits per heavy atom. The zero-order chi connectivity index (χ0) is 23.9. The molecule has 0 aliphatic carbocycles. The number of piperazine rings is 1. The number of benzene rings is 2. The Morgan fingerprint density at radius 3 is 2.32 bits per heavy atom. The van der Waals surface area contributed by atoms with Gasteiger partial charge in [-0.1, -0.05) is 54.1 Å². The minimum Gasteiger partial charge on any atom is -0.383 e. The summed E-state index contributed by atoms with van der Waals surface area (Å²) < 4.78 is 1.87. The molecular formula is C27H33N7. The van der Waals surface area contributed by atoms with Crippen LogP contribution in [0.1, 0.15) is 31.9 Å². The highest BCUT2D eigenvalue weighted by Gasteiger charge is 2.26. The van der Waals surface area contributed by atoms with Crippen molar-refractivity contribution in [2.24, 2.45) is 0 Å². The van der Waals surface area contributed by atoms with Crippen molar-refractivity contribution < 1.29 is 0 Å². The second kappa shape index (κ2) is 8.72. The van der Waals surface area contributed by atoms with Crippen LogP contribution in [0.3, 0.4) is 0 Å². The maximum absolute atomic E-state index is 6.62. The molecule has 176 valence electrons. The molecule has 1 saturated heterocycles. The fraction of sp³-hybridized carbons (Fsp3) is 0.370. The quantitative estimate of drug-likeness (QED) is 0.490. The van der Waals surface area contributed by atoms with Crippen molar-refractivity contribution >= 4 is 22.8 Å². The summed E-state index contributed by atoms with van der Waals surface area (Å²) in [7, 11) is 0. The SMILES string of the molecule is Cc1cccc(-c2nc(N3CCN(Cc4ccccc4)CC3)nc3nn(C(C)(C)C)c(N)c23)c1. The van der Waals surface area contributed by atoms with E-state index in [1.165, 1.54) is 11.1 Å². The Labute approximate surface area is 201 Å². The number of aryl methyl sites for hydroxylation is 1. The van der Waals surface area contributed by atoms with E-state index in [1.54, 1.807) is 0 Å². The van der Waals surface area contributed by atoms with Gasteiger partial charge in [-0.15, -0.1) is 5.10 Å². The second-order valence-corrected chi connectivity index (χ2v) is 10.2. The lowest BCUT2D eigenvalue weighted by molar-refractivity contribution is 0.249. The number of nitrogens with two attached hydrogens (primary N) is 1. The van der Waals surface area contributed by atoms with Crippen LogP contribution in [0.25, 0.3) is 22.3 Å². The van der Waals surface area contributed by atoms with Crippen LogP contribution < -0.4 is 10.6 Å². The first-order valence-corrected chi connectivity index (χ1v) is 11.9. The van der Waals surface area contributed by atoms with E-state index in [2.05, 4.69) is 92.1 Å². The molecule has 0 unspecified atom stereocenters. The van der Waals surface area contributed by atoms with Crippen LogP contribution in [0, 0.1) is 6.92 Å². The molecule has 1 aliphatic rings. The molecule has 0 atom stereocenters. The van der Waals surface area contributed by atoms with E-state index in [4.69, 9.17) is 20.8 Å². The van der Waals surface area contributed by atoms with Crippen LogP contribution in [-0.2, 0) is 12.1 Å². The average molecular weight is 456 g/mol. The molecular weight excluding hydrogens is 422 g/mol. The van der Waals surface area contributed by atoms with Crippen LogP contribution in [0.15, 0.2) is 54.6 Å². The Balaban J connectivity index is 1.50. The predicted octanol–water partition coefficient (Wildman–Crippen LogP) is 4.46. The first-order chi connectivity index (χ1) is 16.3. The van der Waals surface area contributed by atoms with E-state index in [9.17, 15) is 0 Å².